The van der Waals surface area contributed by atoms with E-state index in [1.54, 1.807) is 0 Å². The van der Waals surface area contributed by atoms with Crippen molar-refractivity contribution in [2.45, 2.75) is 45.2 Å². The summed E-state index contributed by atoms with van der Waals surface area (Å²) in [4.78, 5) is 41.3. The van der Waals surface area contributed by atoms with Gasteiger partial charge in [0, 0.05) is 30.1 Å². The zero-order chi connectivity index (χ0) is 21.0. The van der Waals surface area contributed by atoms with Gasteiger partial charge >= 0.3 is 6.03 Å². The van der Waals surface area contributed by atoms with Crippen molar-refractivity contribution in [1.82, 2.24) is 20.5 Å². The number of nitrogens with zero attached hydrogens (tertiary/aromatic N) is 1. The summed E-state index contributed by atoms with van der Waals surface area (Å²) < 4.78 is 0. The standard InChI is InChI=1S/C21H28N4O4/c1-13(2)18(12-26)23-19(27)8-7-17-20(28)25(21(29)24-17)10-9-14-11-22-16-6-4-3-5-15(14)16/h3-6,11,13,17-18,22,26H,7-10,12H2,1-2H3,(H,23,27)(H,24,29)/t17-,18+/m1/s1. The van der Waals surface area contributed by atoms with Crippen LogP contribution < -0.4 is 10.6 Å². The lowest BCUT2D eigenvalue weighted by Crippen LogP contribution is -2.42. The third-order valence-electron chi connectivity index (χ3n) is 5.39. The smallest absolute Gasteiger partial charge is 0.324 e. The van der Waals surface area contributed by atoms with Crippen LogP contribution in [0.5, 0.6) is 0 Å². The quantitative estimate of drug-likeness (QED) is 0.478. The zero-order valence-electron chi connectivity index (χ0n) is 16.8. The van der Waals surface area contributed by atoms with E-state index in [4.69, 9.17) is 0 Å². The Kier molecular flexibility index (Phi) is 6.53. The van der Waals surface area contributed by atoms with Gasteiger partial charge in [-0.05, 0) is 30.4 Å². The van der Waals surface area contributed by atoms with Crippen LogP contribution in [0.3, 0.4) is 0 Å². The molecule has 3 rings (SSSR count). The lowest BCUT2D eigenvalue weighted by molar-refractivity contribution is -0.127. The number of hydrogen-bond donors (Lipinski definition) is 4. The number of aromatic amines is 1. The first kappa shape index (κ1) is 20.9. The summed E-state index contributed by atoms with van der Waals surface area (Å²) in [6.45, 7) is 3.97. The van der Waals surface area contributed by atoms with Gasteiger partial charge in [0.15, 0.2) is 0 Å². The van der Waals surface area contributed by atoms with Gasteiger partial charge in [-0.15, -0.1) is 0 Å². The van der Waals surface area contributed by atoms with E-state index in [0.717, 1.165) is 16.5 Å². The highest BCUT2D eigenvalue weighted by atomic mass is 16.3. The van der Waals surface area contributed by atoms with Gasteiger partial charge in [-0.25, -0.2) is 4.79 Å². The van der Waals surface area contributed by atoms with Crippen molar-refractivity contribution in [3.05, 3.63) is 36.0 Å². The molecule has 2 atom stereocenters. The molecule has 1 aliphatic rings. The minimum atomic E-state index is -0.692. The first-order valence-electron chi connectivity index (χ1n) is 9.97. The second-order valence-corrected chi connectivity index (χ2v) is 7.74. The molecule has 0 radical (unpaired) electrons. The van der Waals surface area contributed by atoms with E-state index in [-0.39, 0.29) is 49.8 Å². The molecular formula is C21H28N4O4. The molecule has 29 heavy (non-hydrogen) atoms. The minimum Gasteiger partial charge on any atom is -0.394 e. The van der Waals surface area contributed by atoms with Crippen LogP contribution in [0.15, 0.2) is 30.5 Å². The van der Waals surface area contributed by atoms with Crippen molar-refractivity contribution in [2.24, 2.45) is 5.92 Å². The molecule has 1 aromatic heterocycles. The van der Waals surface area contributed by atoms with E-state index >= 15 is 0 Å². The lowest BCUT2D eigenvalue weighted by Gasteiger charge is -2.20. The molecule has 2 heterocycles. The second kappa shape index (κ2) is 9.09. The summed E-state index contributed by atoms with van der Waals surface area (Å²) in [6, 6.07) is 6.46. The van der Waals surface area contributed by atoms with Crippen LogP contribution in [0.4, 0.5) is 4.79 Å². The van der Waals surface area contributed by atoms with E-state index in [1.807, 2.05) is 44.3 Å². The lowest BCUT2D eigenvalue weighted by atomic mass is 10.0. The maximum Gasteiger partial charge on any atom is 0.324 e. The number of aromatic nitrogens is 1. The molecule has 1 aromatic carbocycles. The number of aliphatic hydroxyl groups excluding tert-OH is 1. The normalized spacial score (nSPS) is 17.8. The number of para-hydroxylation sites is 1. The van der Waals surface area contributed by atoms with E-state index in [0.29, 0.717) is 6.42 Å². The molecule has 1 aliphatic heterocycles. The number of fused-ring (bicyclic) bond motifs is 1. The first-order chi connectivity index (χ1) is 13.9. The molecule has 156 valence electrons. The van der Waals surface area contributed by atoms with E-state index in [1.165, 1.54) is 4.90 Å². The van der Waals surface area contributed by atoms with Crippen LogP contribution in [0, 0.1) is 5.92 Å². The fourth-order valence-electron chi connectivity index (χ4n) is 3.53. The van der Waals surface area contributed by atoms with Crippen molar-refractivity contribution in [3.8, 4) is 0 Å². The summed E-state index contributed by atoms with van der Waals surface area (Å²) >= 11 is 0. The van der Waals surface area contributed by atoms with Crippen LogP contribution in [0.2, 0.25) is 0 Å². The maximum absolute atomic E-state index is 12.6. The number of hydrogen-bond acceptors (Lipinski definition) is 4. The molecule has 0 spiro atoms. The number of carbonyl (C=O) groups excluding carboxylic acids is 3. The van der Waals surface area contributed by atoms with Gasteiger partial charge in [-0.2, -0.15) is 0 Å². The maximum atomic E-state index is 12.6. The molecule has 4 N–H and O–H groups in total. The molecule has 2 aromatic rings. The third-order valence-corrected chi connectivity index (χ3v) is 5.39. The number of rotatable bonds is 9. The Bertz CT molecular complexity index is 892. The Hall–Kier alpha value is -2.87. The molecule has 8 heteroatoms. The molecule has 1 fully saturated rings. The van der Waals surface area contributed by atoms with E-state index in [9.17, 15) is 19.5 Å². The van der Waals surface area contributed by atoms with Gasteiger partial charge < -0.3 is 20.7 Å². The van der Waals surface area contributed by atoms with Crippen molar-refractivity contribution in [1.29, 1.82) is 0 Å². The molecular weight excluding hydrogens is 372 g/mol. The Morgan fingerprint density at radius 1 is 1.28 bits per heavy atom. The number of benzene rings is 1. The first-order valence-corrected chi connectivity index (χ1v) is 9.97. The molecule has 0 unspecified atom stereocenters. The fourth-order valence-corrected chi connectivity index (χ4v) is 3.53. The van der Waals surface area contributed by atoms with Gasteiger partial charge in [-0.3, -0.25) is 14.5 Å². The summed E-state index contributed by atoms with van der Waals surface area (Å²) in [7, 11) is 0. The summed E-state index contributed by atoms with van der Waals surface area (Å²) in [5, 5.41) is 15.8. The summed E-state index contributed by atoms with van der Waals surface area (Å²) in [5.41, 5.74) is 2.07. The van der Waals surface area contributed by atoms with Crippen molar-refractivity contribution in [2.75, 3.05) is 13.2 Å². The van der Waals surface area contributed by atoms with Crippen LogP contribution in [-0.4, -0.2) is 58.1 Å². The summed E-state index contributed by atoms with van der Waals surface area (Å²) in [6.07, 6.45) is 2.80. The molecule has 0 bridgehead atoms. The zero-order valence-corrected chi connectivity index (χ0v) is 16.8. The fraction of sp³-hybridized carbons (Fsp3) is 0.476. The summed E-state index contributed by atoms with van der Waals surface area (Å²) in [5.74, 6) is -0.431. The Labute approximate surface area is 169 Å². The number of H-pyrrole nitrogens is 1. The number of aliphatic hydroxyl groups is 1. The minimum absolute atomic E-state index is 0.107. The van der Waals surface area contributed by atoms with E-state index < -0.39 is 12.1 Å². The third kappa shape index (κ3) is 4.76. The van der Waals surface area contributed by atoms with Crippen LogP contribution in [-0.2, 0) is 16.0 Å². The van der Waals surface area contributed by atoms with Crippen LogP contribution in [0.25, 0.3) is 10.9 Å². The highest BCUT2D eigenvalue weighted by Gasteiger charge is 2.37. The monoisotopic (exact) mass is 400 g/mol. The molecule has 0 aliphatic carbocycles. The van der Waals surface area contributed by atoms with Crippen LogP contribution >= 0.6 is 0 Å². The van der Waals surface area contributed by atoms with Gasteiger partial charge in [0.05, 0.1) is 12.6 Å². The van der Waals surface area contributed by atoms with Gasteiger partial charge in [-0.1, -0.05) is 32.0 Å². The largest absolute Gasteiger partial charge is 0.394 e. The van der Waals surface area contributed by atoms with Gasteiger partial charge in [0.1, 0.15) is 6.04 Å². The highest BCUT2D eigenvalue weighted by Crippen LogP contribution is 2.19. The predicted octanol–water partition coefficient (Wildman–Crippen LogP) is 1.54. The average molecular weight is 400 g/mol. The number of amides is 4. The number of nitrogens with one attached hydrogen (secondary N) is 3. The topological polar surface area (TPSA) is 115 Å². The van der Waals surface area contributed by atoms with E-state index in [2.05, 4.69) is 15.6 Å². The van der Waals surface area contributed by atoms with Gasteiger partial charge in [0.2, 0.25) is 5.91 Å². The molecule has 1 saturated heterocycles. The Balaban J connectivity index is 1.52. The number of urea groups is 1. The van der Waals surface area contributed by atoms with Gasteiger partial charge in [0.25, 0.3) is 5.91 Å². The number of carbonyl (C=O) groups is 3. The SMILES string of the molecule is CC(C)[C@H](CO)NC(=O)CC[C@H]1NC(=O)N(CCc2c[nH]c3ccccc23)C1=O. The Morgan fingerprint density at radius 3 is 2.76 bits per heavy atom. The molecule has 4 amide bonds. The second-order valence-electron chi connectivity index (χ2n) is 7.74. The van der Waals surface area contributed by atoms with Crippen LogP contribution in [0.1, 0.15) is 32.3 Å². The van der Waals surface area contributed by atoms with Crippen molar-refractivity contribution < 1.29 is 19.5 Å². The molecule has 0 saturated carbocycles. The Morgan fingerprint density at radius 2 is 2.03 bits per heavy atom. The number of imide groups is 1. The molecule has 8 nitrogen and oxygen atoms in total. The highest BCUT2D eigenvalue weighted by molar-refractivity contribution is 6.04. The predicted molar refractivity (Wildman–Crippen MR) is 109 cm³/mol. The average Bonchev–Trinajstić information content (AvgIpc) is 3.23. The van der Waals surface area contributed by atoms with Crippen molar-refractivity contribution >= 4 is 28.7 Å². The van der Waals surface area contributed by atoms with Crippen molar-refractivity contribution in [3.63, 3.8) is 0 Å².